The summed E-state index contributed by atoms with van der Waals surface area (Å²) in [4.78, 5) is 2.46. The molecule has 2 nitrogen and oxygen atoms in total. The van der Waals surface area contributed by atoms with Crippen molar-refractivity contribution in [3.63, 3.8) is 0 Å². The minimum absolute atomic E-state index is 0.682. The van der Waals surface area contributed by atoms with Crippen LogP contribution >= 0.6 is 11.6 Å². The van der Waals surface area contributed by atoms with Gasteiger partial charge >= 0.3 is 0 Å². The number of rotatable bonds is 4. The molecule has 0 amide bonds. The average molecular weight is 239 g/mol. The third kappa shape index (κ3) is 2.97. The lowest BCUT2D eigenvalue weighted by Crippen LogP contribution is -2.18. The first kappa shape index (κ1) is 11.9. The monoisotopic (exact) mass is 238 g/mol. The van der Waals surface area contributed by atoms with E-state index in [1.54, 1.807) is 0 Å². The summed E-state index contributed by atoms with van der Waals surface area (Å²) in [7, 11) is 0. The number of likely N-dealkylation sites (tertiary alicyclic amines) is 1. The van der Waals surface area contributed by atoms with Crippen LogP contribution in [0.5, 0.6) is 0 Å². The highest BCUT2D eigenvalue weighted by molar-refractivity contribution is 6.31. The molecule has 0 spiro atoms. The normalized spacial score (nSPS) is 16.9. The van der Waals surface area contributed by atoms with E-state index in [1.165, 1.54) is 37.1 Å². The van der Waals surface area contributed by atoms with E-state index in [9.17, 15) is 0 Å². The van der Waals surface area contributed by atoms with Gasteiger partial charge in [-0.2, -0.15) is 0 Å². The molecular formula is C13H19ClN2. The van der Waals surface area contributed by atoms with E-state index in [-0.39, 0.29) is 0 Å². The first-order valence-corrected chi connectivity index (χ1v) is 6.37. The van der Waals surface area contributed by atoms with Crippen LogP contribution in [-0.4, -0.2) is 24.5 Å². The van der Waals surface area contributed by atoms with Crippen LogP contribution in [0, 0.1) is 0 Å². The number of hydrogen-bond donors (Lipinski definition) is 1. The molecule has 2 N–H and O–H groups in total. The molecule has 1 fully saturated rings. The summed E-state index contributed by atoms with van der Waals surface area (Å²) in [5.41, 5.74) is 8.00. The Morgan fingerprint density at radius 2 is 2.00 bits per heavy atom. The second-order valence-corrected chi connectivity index (χ2v) is 4.85. The topological polar surface area (TPSA) is 29.3 Å². The van der Waals surface area contributed by atoms with Crippen molar-refractivity contribution < 1.29 is 0 Å². The van der Waals surface area contributed by atoms with Crippen LogP contribution in [0.2, 0.25) is 5.02 Å². The highest BCUT2D eigenvalue weighted by Gasteiger charge is 2.13. The number of hydrogen-bond acceptors (Lipinski definition) is 2. The molecule has 1 saturated heterocycles. The van der Waals surface area contributed by atoms with Gasteiger partial charge in [0.15, 0.2) is 0 Å². The summed E-state index contributed by atoms with van der Waals surface area (Å²) in [5.74, 6) is 0. The Morgan fingerprint density at radius 1 is 1.25 bits per heavy atom. The van der Waals surface area contributed by atoms with Gasteiger partial charge in [0, 0.05) is 11.6 Å². The molecule has 0 aromatic heterocycles. The minimum Gasteiger partial charge on any atom is -0.330 e. The Hall–Kier alpha value is -0.570. The first-order chi connectivity index (χ1) is 7.79. The van der Waals surface area contributed by atoms with Crippen molar-refractivity contribution in [2.45, 2.75) is 25.8 Å². The summed E-state index contributed by atoms with van der Waals surface area (Å²) < 4.78 is 0. The molecule has 88 valence electrons. The molecule has 0 bridgehead atoms. The summed E-state index contributed by atoms with van der Waals surface area (Å²) in [6.45, 7) is 4.09. The molecule has 0 aliphatic carbocycles. The van der Waals surface area contributed by atoms with Crippen LogP contribution in [0.4, 0.5) is 0 Å². The third-order valence-electron chi connectivity index (χ3n) is 3.14. The molecule has 0 atom stereocenters. The van der Waals surface area contributed by atoms with Gasteiger partial charge in [0.1, 0.15) is 0 Å². The van der Waals surface area contributed by atoms with Crippen molar-refractivity contribution in [2.75, 3.05) is 19.6 Å². The fourth-order valence-electron chi connectivity index (χ4n) is 2.22. The van der Waals surface area contributed by atoms with E-state index in [1.807, 2.05) is 0 Å². The number of benzene rings is 1. The first-order valence-electron chi connectivity index (χ1n) is 5.99. The van der Waals surface area contributed by atoms with Crippen LogP contribution in [0.15, 0.2) is 18.2 Å². The number of halogens is 1. The van der Waals surface area contributed by atoms with Crippen molar-refractivity contribution in [3.8, 4) is 0 Å². The summed E-state index contributed by atoms with van der Waals surface area (Å²) >= 11 is 6.28. The highest BCUT2D eigenvalue weighted by Crippen LogP contribution is 2.21. The van der Waals surface area contributed by atoms with E-state index in [2.05, 4.69) is 23.1 Å². The number of nitrogens with zero attached hydrogens (tertiary/aromatic N) is 1. The van der Waals surface area contributed by atoms with Gasteiger partial charge < -0.3 is 5.73 Å². The maximum Gasteiger partial charge on any atom is 0.0453 e. The Balaban J connectivity index is 2.03. The zero-order valence-electron chi connectivity index (χ0n) is 9.58. The van der Waals surface area contributed by atoms with E-state index >= 15 is 0 Å². The van der Waals surface area contributed by atoms with Crippen molar-refractivity contribution in [2.24, 2.45) is 5.73 Å². The molecule has 1 aliphatic heterocycles. The van der Waals surface area contributed by atoms with E-state index in [0.717, 1.165) is 18.0 Å². The quantitative estimate of drug-likeness (QED) is 0.873. The SMILES string of the molecule is NCCc1ccc(CN2CCCC2)c(Cl)c1. The van der Waals surface area contributed by atoms with Gasteiger partial charge in [-0.25, -0.2) is 0 Å². The predicted molar refractivity (Wildman–Crippen MR) is 68.7 cm³/mol. The molecular weight excluding hydrogens is 220 g/mol. The maximum atomic E-state index is 6.28. The molecule has 1 heterocycles. The Morgan fingerprint density at radius 3 is 2.62 bits per heavy atom. The van der Waals surface area contributed by atoms with Gasteiger partial charge in [-0.05, 0) is 56.1 Å². The smallest absolute Gasteiger partial charge is 0.0453 e. The van der Waals surface area contributed by atoms with Crippen LogP contribution in [0.3, 0.4) is 0 Å². The second-order valence-electron chi connectivity index (χ2n) is 4.45. The van der Waals surface area contributed by atoms with Crippen LogP contribution in [0.25, 0.3) is 0 Å². The summed E-state index contributed by atoms with van der Waals surface area (Å²) in [5, 5.41) is 0.887. The second kappa shape index (κ2) is 5.67. The van der Waals surface area contributed by atoms with Crippen LogP contribution < -0.4 is 5.73 Å². The number of nitrogens with two attached hydrogens (primary N) is 1. The van der Waals surface area contributed by atoms with Gasteiger partial charge in [-0.3, -0.25) is 4.90 Å². The molecule has 0 saturated carbocycles. The minimum atomic E-state index is 0.682. The lowest BCUT2D eigenvalue weighted by molar-refractivity contribution is 0.331. The molecule has 0 unspecified atom stereocenters. The molecule has 1 aromatic rings. The lowest BCUT2D eigenvalue weighted by atomic mass is 10.1. The van der Waals surface area contributed by atoms with Crippen LogP contribution in [-0.2, 0) is 13.0 Å². The van der Waals surface area contributed by atoms with Crippen molar-refractivity contribution in [1.29, 1.82) is 0 Å². The molecule has 16 heavy (non-hydrogen) atoms. The van der Waals surface area contributed by atoms with Crippen molar-refractivity contribution in [3.05, 3.63) is 34.3 Å². The summed E-state index contributed by atoms with van der Waals surface area (Å²) in [6.07, 6.45) is 3.55. The van der Waals surface area contributed by atoms with E-state index in [0.29, 0.717) is 6.54 Å². The molecule has 1 aliphatic rings. The van der Waals surface area contributed by atoms with E-state index in [4.69, 9.17) is 17.3 Å². The Kier molecular flexibility index (Phi) is 4.22. The molecule has 0 radical (unpaired) electrons. The van der Waals surface area contributed by atoms with Gasteiger partial charge in [0.2, 0.25) is 0 Å². The maximum absolute atomic E-state index is 6.28. The fourth-order valence-corrected chi connectivity index (χ4v) is 2.49. The zero-order valence-corrected chi connectivity index (χ0v) is 10.3. The zero-order chi connectivity index (χ0) is 11.4. The lowest BCUT2D eigenvalue weighted by Gasteiger charge is -2.16. The Bertz CT molecular complexity index is 346. The van der Waals surface area contributed by atoms with E-state index < -0.39 is 0 Å². The molecule has 2 rings (SSSR count). The predicted octanol–water partition coefficient (Wildman–Crippen LogP) is 2.44. The third-order valence-corrected chi connectivity index (χ3v) is 3.49. The van der Waals surface area contributed by atoms with Gasteiger partial charge in [0.05, 0.1) is 0 Å². The average Bonchev–Trinajstić information content (AvgIpc) is 2.75. The molecule has 1 aromatic carbocycles. The Labute approximate surface area is 102 Å². The summed E-state index contributed by atoms with van der Waals surface area (Å²) in [6, 6.07) is 6.34. The van der Waals surface area contributed by atoms with Gasteiger partial charge in [0.25, 0.3) is 0 Å². The van der Waals surface area contributed by atoms with Crippen molar-refractivity contribution >= 4 is 11.6 Å². The standard InChI is InChI=1S/C13H19ClN2/c14-13-9-11(5-6-15)3-4-12(13)10-16-7-1-2-8-16/h3-4,9H,1-2,5-8,10,15H2. The fraction of sp³-hybridized carbons (Fsp3) is 0.538. The van der Waals surface area contributed by atoms with Gasteiger partial charge in [-0.1, -0.05) is 23.7 Å². The van der Waals surface area contributed by atoms with Crippen molar-refractivity contribution in [1.82, 2.24) is 4.90 Å². The van der Waals surface area contributed by atoms with Gasteiger partial charge in [-0.15, -0.1) is 0 Å². The largest absolute Gasteiger partial charge is 0.330 e. The molecule has 3 heteroatoms. The van der Waals surface area contributed by atoms with Crippen LogP contribution in [0.1, 0.15) is 24.0 Å². The highest BCUT2D eigenvalue weighted by atomic mass is 35.5.